The van der Waals surface area contributed by atoms with Gasteiger partial charge in [-0.1, -0.05) is 54.6 Å². The molecule has 8 nitrogen and oxygen atoms in total. The summed E-state index contributed by atoms with van der Waals surface area (Å²) in [5.41, 5.74) is 2.89. The number of benzene rings is 3. The zero-order valence-electron chi connectivity index (χ0n) is 23.8. The van der Waals surface area contributed by atoms with Crippen molar-refractivity contribution in [2.45, 2.75) is 56.5 Å². The molecule has 1 aliphatic heterocycles. The van der Waals surface area contributed by atoms with Gasteiger partial charge in [0.1, 0.15) is 11.8 Å². The quantitative estimate of drug-likeness (QED) is 0.329. The van der Waals surface area contributed by atoms with Gasteiger partial charge in [-0.2, -0.15) is 4.31 Å². The fraction of sp³-hybridized carbons (Fsp3) is 0.375. The number of carbonyl (C=O) groups is 2. The van der Waals surface area contributed by atoms with Gasteiger partial charge in [-0.3, -0.25) is 9.59 Å². The lowest BCUT2D eigenvalue weighted by Gasteiger charge is -2.29. The maximum atomic E-state index is 13.5. The molecule has 0 saturated carbocycles. The summed E-state index contributed by atoms with van der Waals surface area (Å²) in [6.45, 7) is 3.64. The Bertz CT molecular complexity index is 1390. The Balaban J connectivity index is 1.37. The Morgan fingerprint density at radius 2 is 1.49 bits per heavy atom. The molecule has 1 saturated heterocycles. The molecule has 2 amide bonds. The molecule has 3 aromatic carbocycles. The van der Waals surface area contributed by atoms with Gasteiger partial charge in [0.15, 0.2) is 0 Å². The molecule has 1 atom stereocenters. The van der Waals surface area contributed by atoms with Crippen molar-refractivity contribution in [3.8, 4) is 5.75 Å². The Hall–Kier alpha value is -3.69. The Morgan fingerprint density at radius 1 is 0.878 bits per heavy atom. The molecule has 1 heterocycles. The molecule has 1 aliphatic rings. The molecule has 218 valence electrons. The minimum Gasteiger partial charge on any atom is -0.497 e. The predicted octanol–water partition coefficient (Wildman–Crippen LogP) is 4.19. The van der Waals surface area contributed by atoms with E-state index in [2.05, 4.69) is 5.32 Å². The number of ether oxygens (including phenoxy) is 1. The summed E-state index contributed by atoms with van der Waals surface area (Å²) < 4.78 is 32.4. The van der Waals surface area contributed by atoms with Crippen molar-refractivity contribution in [3.05, 3.63) is 95.6 Å². The number of hydrogen-bond donors (Lipinski definition) is 1. The van der Waals surface area contributed by atoms with Crippen LogP contribution in [0.3, 0.4) is 0 Å². The molecule has 9 heteroatoms. The fourth-order valence-electron chi connectivity index (χ4n) is 4.93. The molecule has 4 rings (SSSR count). The zero-order chi connectivity index (χ0) is 29.2. The third kappa shape index (κ3) is 8.17. The second kappa shape index (κ2) is 14.3. The number of methoxy groups -OCH3 is 1. The van der Waals surface area contributed by atoms with Crippen LogP contribution in [0, 0.1) is 0 Å². The largest absolute Gasteiger partial charge is 0.497 e. The first-order valence-corrected chi connectivity index (χ1v) is 15.5. The van der Waals surface area contributed by atoms with Crippen LogP contribution in [-0.2, 0) is 39.0 Å². The number of carbonyl (C=O) groups excluding carboxylic acids is 2. The molecule has 41 heavy (non-hydrogen) atoms. The number of hydrogen-bond acceptors (Lipinski definition) is 5. The monoisotopic (exact) mass is 577 g/mol. The van der Waals surface area contributed by atoms with E-state index in [9.17, 15) is 18.0 Å². The highest BCUT2D eigenvalue weighted by atomic mass is 32.2. The van der Waals surface area contributed by atoms with Gasteiger partial charge >= 0.3 is 0 Å². The summed E-state index contributed by atoms with van der Waals surface area (Å²) in [4.78, 5) is 28.4. The fourth-order valence-corrected chi connectivity index (χ4v) is 6.45. The normalized spacial score (nSPS) is 14.4. The van der Waals surface area contributed by atoms with Crippen LogP contribution in [0.15, 0.2) is 83.8 Å². The van der Waals surface area contributed by atoms with Crippen molar-refractivity contribution < 1.29 is 22.7 Å². The van der Waals surface area contributed by atoms with Crippen molar-refractivity contribution in [2.75, 3.05) is 26.7 Å². The van der Waals surface area contributed by atoms with E-state index in [1.807, 2.05) is 54.6 Å². The summed E-state index contributed by atoms with van der Waals surface area (Å²) in [6, 6.07) is 23.4. The van der Waals surface area contributed by atoms with Crippen molar-refractivity contribution in [1.29, 1.82) is 0 Å². The predicted molar refractivity (Wildman–Crippen MR) is 159 cm³/mol. The van der Waals surface area contributed by atoms with Crippen LogP contribution in [0.4, 0.5) is 0 Å². The van der Waals surface area contributed by atoms with Crippen LogP contribution in [0.25, 0.3) is 0 Å². The van der Waals surface area contributed by atoms with Gasteiger partial charge in [-0.05, 0) is 73.6 Å². The van der Waals surface area contributed by atoms with Gasteiger partial charge in [-0.25, -0.2) is 8.42 Å². The highest BCUT2D eigenvalue weighted by Crippen LogP contribution is 2.22. The molecule has 1 unspecified atom stereocenters. The van der Waals surface area contributed by atoms with Crippen LogP contribution < -0.4 is 10.1 Å². The maximum absolute atomic E-state index is 13.5. The molecule has 0 bridgehead atoms. The third-order valence-electron chi connectivity index (χ3n) is 7.49. The van der Waals surface area contributed by atoms with E-state index < -0.39 is 16.1 Å². The summed E-state index contributed by atoms with van der Waals surface area (Å²) >= 11 is 0. The van der Waals surface area contributed by atoms with Crippen LogP contribution in [0.2, 0.25) is 0 Å². The Morgan fingerprint density at radius 3 is 2.12 bits per heavy atom. The number of nitrogens with one attached hydrogen (secondary N) is 1. The number of aryl methyl sites for hydroxylation is 1. The third-order valence-corrected chi connectivity index (χ3v) is 9.40. The zero-order valence-corrected chi connectivity index (χ0v) is 24.6. The first-order chi connectivity index (χ1) is 19.8. The standard InChI is InChI=1S/C32H39N3O5S/c1-25(32(37)33-21-20-27-10-15-29(40-2)16-11-27)35(24-28-8-4-3-5-9-28)31(36)19-14-26-12-17-30(18-13-26)41(38,39)34-22-6-7-23-34/h3-5,8-13,15-18,25H,6-7,14,19-24H2,1-2H3,(H,33,37). The van der Waals surface area contributed by atoms with E-state index >= 15 is 0 Å². The van der Waals surface area contributed by atoms with E-state index in [1.165, 1.54) is 4.31 Å². The van der Waals surface area contributed by atoms with Gasteiger partial charge in [-0.15, -0.1) is 0 Å². The first-order valence-electron chi connectivity index (χ1n) is 14.1. The van der Waals surface area contributed by atoms with Crippen molar-refractivity contribution in [1.82, 2.24) is 14.5 Å². The molecular formula is C32H39N3O5S. The van der Waals surface area contributed by atoms with Crippen molar-refractivity contribution >= 4 is 21.8 Å². The van der Waals surface area contributed by atoms with Gasteiger partial charge in [0.05, 0.1) is 12.0 Å². The molecule has 3 aromatic rings. The Kier molecular flexibility index (Phi) is 10.5. The van der Waals surface area contributed by atoms with E-state index in [0.29, 0.717) is 39.0 Å². The Labute approximate surface area is 243 Å². The average molecular weight is 578 g/mol. The molecule has 1 fully saturated rings. The van der Waals surface area contributed by atoms with E-state index in [0.717, 1.165) is 35.3 Å². The number of nitrogens with zero attached hydrogens (tertiary/aromatic N) is 2. The second-order valence-electron chi connectivity index (χ2n) is 10.3. The molecule has 0 aromatic heterocycles. The van der Waals surface area contributed by atoms with E-state index in [4.69, 9.17) is 4.74 Å². The minimum absolute atomic E-state index is 0.138. The molecule has 0 aliphatic carbocycles. The number of sulfonamides is 1. The lowest BCUT2D eigenvalue weighted by molar-refractivity contribution is -0.140. The SMILES string of the molecule is COc1ccc(CCNC(=O)C(C)N(Cc2ccccc2)C(=O)CCc2ccc(S(=O)(=O)N3CCCC3)cc2)cc1. The highest BCUT2D eigenvalue weighted by Gasteiger charge is 2.28. The van der Waals surface area contributed by atoms with Gasteiger partial charge in [0.2, 0.25) is 21.8 Å². The van der Waals surface area contributed by atoms with Gasteiger partial charge < -0.3 is 15.0 Å². The molecule has 0 radical (unpaired) electrons. The summed E-state index contributed by atoms with van der Waals surface area (Å²) in [5.74, 6) is 0.434. The molecule has 0 spiro atoms. The summed E-state index contributed by atoms with van der Waals surface area (Å²) in [6.07, 6.45) is 3.09. The van der Waals surface area contributed by atoms with Crippen LogP contribution >= 0.6 is 0 Å². The van der Waals surface area contributed by atoms with Gasteiger partial charge in [0, 0.05) is 32.6 Å². The lowest BCUT2D eigenvalue weighted by atomic mass is 10.1. The van der Waals surface area contributed by atoms with Crippen molar-refractivity contribution in [2.24, 2.45) is 0 Å². The minimum atomic E-state index is -3.48. The van der Waals surface area contributed by atoms with Crippen molar-refractivity contribution in [3.63, 3.8) is 0 Å². The van der Waals surface area contributed by atoms with Gasteiger partial charge in [0.25, 0.3) is 0 Å². The summed E-state index contributed by atoms with van der Waals surface area (Å²) in [7, 11) is -1.85. The van der Waals surface area contributed by atoms with E-state index in [1.54, 1.807) is 43.2 Å². The lowest BCUT2D eigenvalue weighted by Crippen LogP contribution is -2.48. The summed E-state index contributed by atoms with van der Waals surface area (Å²) in [5, 5.41) is 2.97. The highest BCUT2D eigenvalue weighted by molar-refractivity contribution is 7.89. The number of amides is 2. The van der Waals surface area contributed by atoms with Crippen LogP contribution in [0.1, 0.15) is 42.9 Å². The van der Waals surface area contributed by atoms with Crippen LogP contribution in [0.5, 0.6) is 5.75 Å². The van der Waals surface area contributed by atoms with E-state index in [-0.39, 0.29) is 23.1 Å². The smallest absolute Gasteiger partial charge is 0.243 e. The topological polar surface area (TPSA) is 96.0 Å². The average Bonchev–Trinajstić information content (AvgIpc) is 3.56. The first kappa shape index (κ1) is 30.3. The second-order valence-corrected chi connectivity index (χ2v) is 12.3. The van der Waals surface area contributed by atoms with Crippen LogP contribution in [-0.4, -0.2) is 62.2 Å². The molecular weight excluding hydrogens is 538 g/mol. The molecule has 1 N–H and O–H groups in total. The maximum Gasteiger partial charge on any atom is 0.243 e. The number of rotatable bonds is 13.